The van der Waals surface area contributed by atoms with Gasteiger partial charge < -0.3 is 24.6 Å². The Labute approximate surface area is 193 Å². The van der Waals surface area contributed by atoms with Crippen LogP contribution in [0.3, 0.4) is 0 Å². The van der Waals surface area contributed by atoms with Crippen molar-refractivity contribution < 1.29 is 14.3 Å². The number of nitrogens with one attached hydrogen (secondary N) is 1. The number of ether oxygens (including phenoxy) is 2. The highest BCUT2D eigenvalue weighted by atomic mass is 127. The van der Waals surface area contributed by atoms with E-state index in [0.717, 1.165) is 43.7 Å². The van der Waals surface area contributed by atoms with Crippen molar-refractivity contribution in [1.82, 2.24) is 20.2 Å². The molecule has 2 aromatic rings. The summed E-state index contributed by atoms with van der Waals surface area (Å²) in [6.07, 6.45) is 3.51. The minimum Gasteiger partial charge on any atom is -0.496 e. The van der Waals surface area contributed by atoms with E-state index in [-0.39, 0.29) is 24.0 Å². The number of carbonyl (C=O) groups excluding carboxylic acids is 1. The molecule has 9 nitrogen and oxygen atoms in total. The van der Waals surface area contributed by atoms with Crippen molar-refractivity contribution in [3.63, 3.8) is 0 Å². The minimum atomic E-state index is -0.424. The van der Waals surface area contributed by atoms with Gasteiger partial charge in [0.2, 0.25) is 5.95 Å². The Morgan fingerprint density at radius 3 is 2.47 bits per heavy atom. The maximum absolute atomic E-state index is 12.0. The van der Waals surface area contributed by atoms with Gasteiger partial charge in [0, 0.05) is 52.2 Å². The molecule has 3 rings (SSSR count). The van der Waals surface area contributed by atoms with Gasteiger partial charge in [0.05, 0.1) is 14.2 Å². The van der Waals surface area contributed by atoms with E-state index < -0.39 is 5.97 Å². The van der Waals surface area contributed by atoms with E-state index in [1.54, 1.807) is 31.6 Å². The van der Waals surface area contributed by atoms with Gasteiger partial charge in [0.25, 0.3) is 0 Å². The van der Waals surface area contributed by atoms with Gasteiger partial charge in [-0.25, -0.2) is 14.8 Å². The first kappa shape index (κ1) is 23.6. The van der Waals surface area contributed by atoms with Crippen LogP contribution in [0.2, 0.25) is 0 Å². The summed E-state index contributed by atoms with van der Waals surface area (Å²) in [6.45, 7) is 3.80. The van der Waals surface area contributed by atoms with Crippen LogP contribution in [-0.2, 0) is 11.3 Å². The molecular formula is C20H27IN6O3. The molecular weight excluding hydrogens is 499 g/mol. The van der Waals surface area contributed by atoms with Gasteiger partial charge in [0.15, 0.2) is 5.96 Å². The maximum atomic E-state index is 12.0. The number of rotatable bonds is 5. The van der Waals surface area contributed by atoms with Crippen LogP contribution in [0.1, 0.15) is 15.9 Å². The van der Waals surface area contributed by atoms with Crippen molar-refractivity contribution in [2.45, 2.75) is 6.54 Å². The van der Waals surface area contributed by atoms with Gasteiger partial charge in [0.1, 0.15) is 11.3 Å². The molecule has 1 aliphatic rings. The smallest absolute Gasteiger partial charge is 0.341 e. The van der Waals surface area contributed by atoms with Crippen molar-refractivity contribution in [2.24, 2.45) is 4.99 Å². The summed E-state index contributed by atoms with van der Waals surface area (Å²) in [7, 11) is 4.65. The Morgan fingerprint density at radius 1 is 1.17 bits per heavy atom. The summed E-state index contributed by atoms with van der Waals surface area (Å²) in [5.74, 6) is 1.63. The van der Waals surface area contributed by atoms with E-state index in [2.05, 4.69) is 30.1 Å². The molecule has 1 aromatic carbocycles. The van der Waals surface area contributed by atoms with Crippen molar-refractivity contribution in [3.05, 3.63) is 47.8 Å². The zero-order valence-corrected chi connectivity index (χ0v) is 19.7. The van der Waals surface area contributed by atoms with E-state index in [0.29, 0.717) is 17.9 Å². The normalized spacial score (nSPS) is 14.0. The molecule has 1 aliphatic heterocycles. The Bertz CT molecular complexity index is 857. The zero-order valence-electron chi connectivity index (χ0n) is 17.4. The fourth-order valence-electron chi connectivity index (χ4n) is 3.22. The van der Waals surface area contributed by atoms with Crippen LogP contribution in [0.4, 0.5) is 5.95 Å². The second kappa shape index (κ2) is 11.5. The number of piperazine rings is 1. The van der Waals surface area contributed by atoms with Gasteiger partial charge in [-0.3, -0.25) is 4.99 Å². The van der Waals surface area contributed by atoms with Crippen molar-refractivity contribution in [3.8, 4) is 5.75 Å². The van der Waals surface area contributed by atoms with Crippen LogP contribution < -0.4 is 15.0 Å². The van der Waals surface area contributed by atoms with Gasteiger partial charge in [-0.15, -0.1) is 24.0 Å². The van der Waals surface area contributed by atoms with Crippen LogP contribution in [0, 0.1) is 0 Å². The third-order valence-corrected chi connectivity index (χ3v) is 4.75. The molecule has 10 heteroatoms. The fourth-order valence-corrected chi connectivity index (χ4v) is 3.22. The molecule has 1 aromatic heterocycles. The van der Waals surface area contributed by atoms with Crippen molar-refractivity contribution >= 4 is 41.9 Å². The Hall–Kier alpha value is -2.63. The van der Waals surface area contributed by atoms with Crippen molar-refractivity contribution in [1.29, 1.82) is 0 Å². The average Bonchev–Trinajstić information content (AvgIpc) is 2.79. The summed E-state index contributed by atoms with van der Waals surface area (Å²) in [5.41, 5.74) is 1.34. The van der Waals surface area contributed by atoms with Crippen LogP contribution in [0.15, 0.2) is 41.7 Å². The number of hydrogen-bond donors (Lipinski definition) is 1. The molecule has 2 heterocycles. The number of aromatic nitrogens is 2. The van der Waals surface area contributed by atoms with E-state index in [1.165, 1.54) is 14.2 Å². The number of halogens is 1. The number of methoxy groups -OCH3 is 2. The first-order valence-electron chi connectivity index (χ1n) is 9.39. The molecule has 0 saturated carbocycles. The largest absolute Gasteiger partial charge is 0.496 e. The van der Waals surface area contributed by atoms with Crippen LogP contribution in [0.5, 0.6) is 5.75 Å². The molecule has 0 atom stereocenters. The predicted molar refractivity (Wildman–Crippen MR) is 126 cm³/mol. The molecule has 162 valence electrons. The first-order valence-corrected chi connectivity index (χ1v) is 9.39. The number of anilines is 1. The highest BCUT2D eigenvalue weighted by Crippen LogP contribution is 2.21. The van der Waals surface area contributed by atoms with E-state index in [4.69, 9.17) is 9.47 Å². The number of carbonyl (C=O) groups is 1. The highest BCUT2D eigenvalue weighted by molar-refractivity contribution is 14.0. The first-order chi connectivity index (χ1) is 14.2. The molecule has 0 unspecified atom stereocenters. The molecule has 30 heavy (non-hydrogen) atoms. The lowest BCUT2D eigenvalue weighted by Crippen LogP contribution is -2.52. The number of hydrogen-bond acceptors (Lipinski definition) is 7. The summed E-state index contributed by atoms with van der Waals surface area (Å²) < 4.78 is 10.1. The van der Waals surface area contributed by atoms with Gasteiger partial charge in [-0.05, 0) is 23.8 Å². The molecule has 0 radical (unpaired) electrons. The number of guanidine groups is 1. The van der Waals surface area contributed by atoms with Gasteiger partial charge in [-0.2, -0.15) is 0 Å². The molecule has 1 N–H and O–H groups in total. The maximum Gasteiger partial charge on any atom is 0.341 e. The number of nitrogens with zero attached hydrogens (tertiary/aromatic N) is 5. The van der Waals surface area contributed by atoms with Crippen LogP contribution in [-0.4, -0.2) is 74.2 Å². The third-order valence-electron chi connectivity index (χ3n) is 4.75. The highest BCUT2D eigenvalue weighted by Gasteiger charge is 2.21. The number of benzene rings is 1. The second-order valence-corrected chi connectivity index (χ2v) is 6.45. The Kier molecular flexibility index (Phi) is 9.09. The molecule has 1 fully saturated rings. The molecule has 0 spiro atoms. The van der Waals surface area contributed by atoms with E-state index in [1.807, 2.05) is 12.1 Å². The Balaban J connectivity index is 0.00000320. The molecule has 1 saturated heterocycles. The second-order valence-electron chi connectivity index (χ2n) is 6.45. The van der Waals surface area contributed by atoms with Crippen LogP contribution in [0.25, 0.3) is 0 Å². The van der Waals surface area contributed by atoms with Crippen LogP contribution >= 0.6 is 24.0 Å². The lowest BCUT2D eigenvalue weighted by Gasteiger charge is -2.36. The zero-order chi connectivity index (χ0) is 20.6. The third kappa shape index (κ3) is 5.71. The fraction of sp³-hybridized carbons (Fsp3) is 0.400. The lowest BCUT2D eigenvalue weighted by molar-refractivity contribution is 0.0597. The van der Waals surface area contributed by atoms with E-state index >= 15 is 0 Å². The minimum absolute atomic E-state index is 0. The molecule has 0 bridgehead atoms. The quantitative estimate of drug-likeness (QED) is 0.273. The summed E-state index contributed by atoms with van der Waals surface area (Å²) in [5, 5.41) is 3.36. The van der Waals surface area contributed by atoms with E-state index in [9.17, 15) is 4.79 Å². The number of esters is 1. The summed E-state index contributed by atoms with van der Waals surface area (Å²) in [6, 6.07) is 7.27. The Morgan fingerprint density at radius 2 is 1.87 bits per heavy atom. The predicted octanol–water partition coefficient (Wildman–Crippen LogP) is 1.79. The monoisotopic (exact) mass is 526 g/mol. The SMILES string of the molecule is CN=C(NCc1ccc(OC)c(C(=O)OC)c1)N1CCN(c2ncccn2)CC1.I. The summed E-state index contributed by atoms with van der Waals surface area (Å²) in [4.78, 5) is 29.4. The topological polar surface area (TPSA) is 92.2 Å². The van der Waals surface area contributed by atoms with Crippen molar-refractivity contribution in [2.75, 3.05) is 52.3 Å². The number of aliphatic imine (C=N–C) groups is 1. The van der Waals surface area contributed by atoms with Gasteiger partial charge >= 0.3 is 5.97 Å². The standard InChI is InChI=1S/C20H26N6O3.HI/c1-21-19(25-9-11-26(12-10-25)20-22-7-4-8-23-20)24-14-15-5-6-17(28-2)16(13-15)18(27)29-3;/h4-8,13H,9-12,14H2,1-3H3,(H,21,24);1H. The summed E-state index contributed by atoms with van der Waals surface area (Å²) >= 11 is 0. The lowest BCUT2D eigenvalue weighted by atomic mass is 10.1. The molecule has 0 aliphatic carbocycles. The average molecular weight is 526 g/mol. The van der Waals surface area contributed by atoms with Gasteiger partial charge in [-0.1, -0.05) is 6.07 Å². The molecule has 0 amide bonds.